The molecule has 0 fully saturated rings. The molecule has 6 nitrogen and oxygen atoms in total. The van der Waals surface area contributed by atoms with Crippen LogP contribution in [0.1, 0.15) is 48.5 Å². The molecule has 2 heterocycles. The van der Waals surface area contributed by atoms with Crippen molar-refractivity contribution in [1.29, 1.82) is 0 Å². The van der Waals surface area contributed by atoms with Gasteiger partial charge in [-0.25, -0.2) is 4.98 Å². The summed E-state index contributed by atoms with van der Waals surface area (Å²) >= 11 is 1.65. The van der Waals surface area contributed by atoms with Gasteiger partial charge in [-0.15, -0.1) is 11.3 Å². The molecule has 0 bridgehead atoms. The monoisotopic (exact) mass is 439 g/mol. The van der Waals surface area contributed by atoms with Gasteiger partial charge in [0, 0.05) is 4.88 Å². The maximum Gasteiger partial charge on any atom is 0.326 e. The van der Waals surface area contributed by atoms with Crippen LogP contribution < -0.4 is 5.56 Å². The molecule has 3 aromatic rings. The van der Waals surface area contributed by atoms with E-state index in [-0.39, 0.29) is 18.7 Å². The number of nitrogens with zero attached hydrogens (tertiary/aromatic N) is 3. The van der Waals surface area contributed by atoms with Crippen LogP contribution in [-0.2, 0) is 42.1 Å². The Morgan fingerprint density at radius 2 is 1.90 bits per heavy atom. The van der Waals surface area contributed by atoms with Crippen LogP contribution >= 0.6 is 11.3 Å². The van der Waals surface area contributed by atoms with Crippen molar-refractivity contribution in [2.24, 2.45) is 0 Å². The van der Waals surface area contributed by atoms with Gasteiger partial charge in [-0.05, 0) is 49.9 Å². The maximum absolute atomic E-state index is 13.6. The molecule has 7 heteroatoms. The van der Waals surface area contributed by atoms with E-state index in [9.17, 15) is 9.59 Å². The van der Waals surface area contributed by atoms with E-state index >= 15 is 0 Å². The second-order valence-corrected chi connectivity index (χ2v) is 9.00. The third kappa shape index (κ3) is 4.72. The number of aromatic nitrogens is 2. The zero-order valence-corrected chi connectivity index (χ0v) is 19.0. The molecule has 0 saturated heterocycles. The minimum atomic E-state index is -0.419. The van der Waals surface area contributed by atoms with Crippen LogP contribution in [0.2, 0.25) is 0 Å². The van der Waals surface area contributed by atoms with Gasteiger partial charge in [0.2, 0.25) is 0 Å². The normalized spacial score (nSPS) is 13.5. The van der Waals surface area contributed by atoms with Crippen molar-refractivity contribution < 1.29 is 9.53 Å². The molecule has 0 N–H and O–H groups in total. The SMILES string of the molecule is CCN(CC)Cc1nc2sc3c(c2c(=O)n1CC(=O)OCc1ccccc1)CCCC3. The van der Waals surface area contributed by atoms with Gasteiger partial charge in [0.15, 0.2) is 0 Å². The average Bonchev–Trinajstić information content (AvgIpc) is 3.17. The van der Waals surface area contributed by atoms with Crippen LogP contribution in [-0.4, -0.2) is 33.5 Å². The molecule has 4 rings (SSSR count). The summed E-state index contributed by atoms with van der Waals surface area (Å²) in [6.07, 6.45) is 4.19. The van der Waals surface area contributed by atoms with Gasteiger partial charge in [-0.3, -0.25) is 19.1 Å². The summed E-state index contributed by atoms with van der Waals surface area (Å²) in [6.45, 7) is 6.49. The highest BCUT2D eigenvalue weighted by atomic mass is 32.1. The predicted octanol–water partition coefficient (Wildman–Crippen LogP) is 3.92. The fraction of sp³-hybridized carbons (Fsp3) is 0.458. The summed E-state index contributed by atoms with van der Waals surface area (Å²) in [6, 6.07) is 9.57. The molecule has 0 unspecified atom stereocenters. The molecule has 0 aliphatic heterocycles. The number of hydrogen-bond acceptors (Lipinski definition) is 6. The average molecular weight is 440 g/mol. The minimum Gasteiger partial charge on any atom is -0.459 e. The molecule has 164 valence electrons. The first-order valence-corrected chi connectivity index (χ1v) is 11.9. The van der Waals surface area contributed by atoms with Gasteiger partial charge >= 0.3 is 5.97 Å². The molecule has 2 aromatic heterocycles. The second kappa shape index (κ2) is 9.75. The number of thiophene rings is 1. The Balaban J connectivity index is 1.67. The summed E-state index contributed by atoms with van der Waals surface area (Å²) in [4.78, 5) is 35.4. The lowest BCUT2D eigenvalue weighted by Crippen LogP contribution is -2.33. The van der Waals surface area contributed by atoms with Crippen LogP contribution in [0.3, 0.4) is 0 Å². The first-order valence-electron chi connectivity index (χ1n) is 11.1. The summed E-state index contributed by atoms with van der Waals surface area (Å²) < 4.78 is 7.01. The Bertz CT molecular complexity index is 1120. The minimum absolute atomic E-state index is 0.108. The zero-order chi connectivity index (χ0) is 21.8. The van der Waals surface area contributed by atoms with Crippen LogP contribution in [0, 0.1) is 0 Å². The Kier molecular flexibility index (Phi) is 6.83. The van der Waals surface area contributed by atoms with Crippen molar-refractivity contribution in [3.05, 3.63) is 62.5 Å². The van der Waals surface area contributed by atoms with Crippen LogP contribution in [0.15, 0.2) is 35.1 Å². The van der Waals surface area contributed by atoms with Crippen LogP contribution in [0.25, 0.3) is 10.2 Å². The highest BCUT2D eigenvalue weighted by Gasteiger charge is 2.23. The smallest absolute Gasteiger partial charge is 0.326 e. The quantitative estimate of drug-likeness (QED) is 0.498. The summed E-state index contributed by atoms with van der Waals surface area (Å²) in [7, 11) is 0. The topological polar surface area (TPSA) is 64.4 Å². The number of fused-ring (bicyclic) bond motifs is 3. The molecule has 0 saturated carbocycles. The van der Waals surface area contributed by atoms with Crippen molar-refractivity contribution >= 4 is 27.5 Å². The van der Waals surface area contributed by atoms with Crippen molar-refractivity contribution in [1.82, 2.24) is 14.5 Å². The van der Waals surface area contributed by atoms with E-state index in [4.69, 9.17) is 9.72 Å². The first kappa shape index (κ1) is 21.7. The maximum atomic E-state index is 13.6. The van der Waals surface area contributed by atoms with Gasteiger partial charge in [0.1, 0.15) is 23.8 Å². The number of rotatable bonds is 8. The lowest BCUT2D eigenvalue weighted by Gasteiger charge is -2.20. The molecule has 0 amide bonds. The largest absolute Gasteiger partial charge is 0.459 e. The Morgan fingerprint density at radius 1 is 1.16 bits per heavy atom. The molecule has 1 aliphatic carbocycles. The lowest BCUT2D eigenvalue weighted by molar-refractivity contribution is -0.145. The summed E-state index contributed by atoms with van der Waals surface area (Å²) in [5.74, 6) is 0.216. The molecule has 0 radical (unpaired) electrons. The number of carbonyl (C=O) groups excluding carboxylic acids is 1. The highest BCUT2D eigenvalue weighted by molar-refractivity contribution is 7.18. The van der Waals surface area contributed by atoms with Crippen molar-refractivity contribution in [2.45, 2.75) is 59.2 Å². The molecular formula is C24H29N3O3S. The molecule has 0 spiro atoms. The van der Waals surface area contributed by atoms with E-state index < -0.39 is 5.97 Å². The van der Waals surface area contributed by atoms with Crippen LogP contribution in [0.4, 0.5) is 0 Å². The molecule has 0 atom stereocenters. The number of ether oxygens (including phenoxy) is 1. The molecule has 1 aromatic carbocycles. The number of aryl methyl sites for hydroxylation is 2. The van der Waals surface area contributed by atoms with E-state index in [1.807, 2.05) is 30.3 Å². The van der Waals surface area contributed by atoms with Crippen molar-refractivity contribution in [2.75, 3.05) is 13.1 Å². The van der Waals surface area contributed by atoms with Gasteiger partial charge < -0.3 is 4.74 Å². The summed E-state index contributed by atoms with van der Waals surface area (Å²) in [5, 5.41) is 0.707. The van der Waals surface area contributed by atoms with Crippen LogP contribution in [0.5, 0.6) is 0 Å². The highest BCUT2D eigenvalue weighted by Crippen LogP contribution is 2.33. The third-order valence-electron chi connectivity index (χ3n) is 5.94. The van der Waals surface area contributed by atoms with Crippen molar-refractivity contribution in [3.63, 3.8) is 0 Å². The predicted molar refractivity (Wildman–Crippen MR) is 123 cm³/mol. The van der Waals surface area contributed by atoms with E-state index in [1.165, 1.54) is 9.44 Å². The lowest BCUT2D eigenvalue weighted by atomic mass is 9.97. The fourth-order valence-electron chi connectivity index (χ4n) is 4.12. The Hall–Kier alpha value is -2.51. The number of esters is 1. The number of hydrogen-bond donors (Lipinski definition) is 0. The Labute approximate surface area is 186 Å². The second-order valence-electron chi connectivity index (χ2n) is 7.92. The van der Waals surface area contributed by atoms with Gasteiger partial charge in [0.05, 0.1) is 11.9 Å². The fourth-order valence-corrected chi connectivity index (χ4v) is 5.40. The van der Waals surface area contributed by atoms with E-state index in [0.29, 0.717) is 17.8 Å². The molecule has 31 heavy (non-hydrogen) atoms. The van der Waals surface area contributed by atoms with Crippen molar-refractivity contribution in [3.8, 4) is 0 Å². The molecular weight excluding hydrogens is 410 g/mol. The third-order valence-corrected chi connectivity index (χ3v) is 7.13. The summed E-state index contributed by atoms with van der Waals surface area (Å²) in [5.41, 5.74) is 1.96. The standard InChI is InChI=1S/C24H29N3O3S/c1-3-26(4-2)14-20-25-23-22(18-12-8-9-13-19(18)31-23)24(29)27(20)15-21(28)30-16-17-10-6-5-7-11-17/h5-7,10-11H,3-4,8-9,12-16H2,1-2H3. The zero-order valence-electron chi connectivity index (χ0n) is 18.2. The van der Waals surface area contributed by atoms with E-state index in [1.54, 1.807) is 11.3 Å². The van der Waals surface area contributed by atoms with Gasteiger partial charge in [-0.1, -0.05) is 44.2 Å². The van der Waals surface area contributed by atoms with Gasteiger partial charge in [0.25, 0.3) is 5.56 Å². The Morgan fingerprint density at radius 3 is 2.65 bits per heavy atom. The number of carbonyl (C=O) groups is 1. The number of benzene rings is 1. The van der Waals surface area contributed by atoms with E-state index in [2.05, 4.69) is 18.7 Å². The van der Waals surface area contributed by atoms with E-state index in [0.717, 1.165) is 54.7 Å². The first-order chi connectivity index (χ1) is 15.1. The molecule has 1 aliphatic rings. The van der Waals surface area contributed by atoms with Gasteiger partial charge in [-0.2, -0.15) is 0 Å².